The number of rotatable bonds is 8. The Kier molecular flexibility index (Phi) is 9.26. The van der Waals surface area contributed by atoms with E-state index in [1.807, 2.05) is 34.6 Å². The van der Waals surface area contributed by atoms with Crippen LogP contribution in [0.5, 0.6) is 17.2 Å². The number of aliphatic hydroxyl groups excluding tert-OH is 1. The van der Waals surface area contributed by atoms with E-state index in [9.17, 15) is 20.1 Å². The molecule has 25 heavy (non-hydrogen) atoms. The molecule has 1 aromatic rings. The van der Waals surface area contributed by atoms with E-state index in [-0.39, 0.29) is 65.5 Å². The number of phenols is 2. The van der Waals surface area contributed by atoms with Crippen LogP contribution in [-0.4, -0.2) is 45.9 Å². The molecular weight excluding hydrogens is 346 g/mol. The fourth-order valence-electron chi connectivity index (χ4n) is 2.12. The lowest BCUT2D eigenvalue weighted by Crippen LogP contribution is -2.42. The number of benzene rings is 1. The summed E-state index contributed by atoms with van der Waals surface area (Å²) in [5.74, 6) is -0.586. The van der Waals surface area contributed by atoms with E-state index < -0.39 is 6.10 Å². The van der Waals surface area contributed by atoms with Crippen LogP contribution in [0.25, 0.3) is 0 Å². The SMILES string of the molecule is CC(C)CC(=O)c1c(O)cc(O)cc1OCC(O)CNC(C)(C)C.Cl. The number of halogens is 1. The highest BCUT2D eigenvalue weighted by Crippen LogP contribution is 2.34. The number of Topliss-reactive ketones (excluding diaryl/α,β-unsaturated/α-hetero) is 1. The van der Waals surface area contributed by atoms with Crippen LogP contribution in [-0.2, 0) is 0 Å². The van der Waals surface area contributed by atoms with Gasteiger partial charge in [-0.05, 0) is 26.7 Å². The van der Waals surface area contributed by atoms with Crippen LogP contribution < -0.4 is 10.1 Å². The Bertz CT molecular complexity index is 569. The van der Waals surface area contributed by atoms with Crippen molar-refractivity contribution < 1.29 is 24.9 Å². The summed E-state index contributed by atoms with van der Waals surface area (Å²) < 4.78 is 5.50. The fourth-order valence-corrected chi connectivity index (χ4v) is 2.12. The third kappa shape index (κ3) is 8.43. The van der Waals surface area contributed by atoms with Gasteiger partial charge in [0.25, 0.3) is 0 Å². The van der Waals surface area contributed by atoms with Gasteiger partial charge in [0.1, 0.15) is 35.5 Å². The minimum absolute atomic E-state index is 0. The molecule has 6 nitrogen and oxygen atoms in total. The van der Waals surface area contributed by atoms with Crippen LogP contribution in [0.2, 0.25) is 0 Å². The highest BCUT2D eigenvalue weighted by Gasteiger charge is 2.21. The zero-order valence-electron chi connectivity index (χ0n) is 15.5. The zero-order valence-corrected chi connectivity index (χ0v) is 16.3. The van der Waals surface area contributed by atoms with Crippen molar-refractivity contribution in [3.05, 3.63) is 17.7 Å². The third-order valence-corrected chi connectivity index (χ3v) is 3.24. The van der Waals surface area contributed by atoms with Crippen molar-refractivity contribution in [3.8, 4) is 17.2 Å². The molecule has 144 valence electrons. The lowest BCUT2D eigenvalue weighted by atomic mass is 9.99. The molecule has 0 saturated heterocycles. The van der Waals surface area contributed by atoms with E-state index in [1.165, 1.54) is 6.07 Å². The standard InChI is InChI=1S/C18H29NO5.ClH/c1-11(2)6-14(22)17-15(23)7-12(20)8-16(17)24-10-13(21)9-19-18(3,4)5;/h7-8,11,13,19-21,23H,6,9-10H2,1-5H3;1H. The topological polar surface area (TPSA) is 99.0 Å². The van der Waals surface area contributed by atoms with Gasteiger partial charge >= 0.3 is 0 Å². The van der Waals surface area contributed by atoms with Crippen molar-refractivity contribution in [2.24, 2.45) is 5.92 Å². The lowest BCUT2D eigenvalue weighted by Gasteiger charge is -2.23. The van der Waals surface area contributed by atoms with Crippen LogP contribution >= 0.6 is 12.4 Å². The van der Waals surface area contributed by atoms with E-state index in [1.54, 1.807) is 0 Å². The molecule has 1 rings (SSSR count). The van der Waals surface area contributed by atoms with Gasteiger partial charge in [0.05, 0.1) is 0 Å². The first-order valence-corrected chi connectivity index (χ1v) is 8.14. The molecule has 0 spiro atoms. The van der Waals surface area contributed by atoms with Crippen molar-refractivity contribution >= 4 is 18.2 Å². The molecule has 0 heterocycles. The Balaban J connectivity index is 0.00000576. The third-order valence-electron chi connectivity index (χ3n) is 3.24. The molecule has 0 aliphatic heterocycles. The molecule has 0 amide bonds. The van der Waals surface area contributed by atoms with Crippen molar-refractivity contribution in [1.29, 1.82) is 0 Å². The van der Waals surface area contributed by atoms with Crippen LogP contribution in [0.3, 0.4) is 0 Å². The predicted molar refractivity (Wildman–Crippen MR) is 100 cm³/mol. The van der Waals surface area contributed by atoms with Gasteiger partial charge in [-0.2, -0.15) is 0 Å². The van der Waals surface area contributed by atoms with E-state index >= 15 is 0 Å². The van der Waals surface area contributed by atoms with Gasteiger partial charge in [0.15, 0.2) is 5.78 Å². The molecule has 7 heteroatoms. The van der Waals surface area contributed by atoms with Gasteiger partial charge < -0.3 is 25.4 Å². The number of carbonyl (C=O) groups excluding carboxylic acids is 1. The predicted octanol–water partition coefficient (Wildman–Crippen LogP) is 2.88. The average Bonchev–Trinajstić information content (AvgIpc) is 2.40. The number of hydrogen-bond acceptors (Lipinski definition) is 6. The number of phenolic OH excluding ortho intramolecular Hbond substituents is 2. The smallest absolute Gasteiger partial charge is 0.170 e. The maximum Gasteiger partial charge on any atom is 0.170 e. The van der Waals surface area contributed by atoms with Crippen LogP contribution in [0.1, 0.15) is 51.4 Å². The molecule has 0 aliphatic carbocycles. The van der Waals surface area contributed by atoms with Gasteiger partial charge in [0, 0.05) is 30.6 Å². The molecule has 0 bridgehead atoms. The highest BCUT2D eigenvalue weighted by atomic mass is 35.5. The number of carbonyl (C=O) groups is 1. The summed E-state index contributed by atoms with van der Waals surface area (Å²) in [4.78, 5) is 12.3. The van der Waals surface area contributed by atoms with Gasteiger partial charge in [-0.1, -0.05) is 13.8 Å². The summed E-state index contributed by atoms with van der Waals surface area (Å²) in [5.41, 5.74) is -0.0969. The maximum absolute atomic E-state index is 12.3. The summed E-state index contributed by atoms with van der Waals surface area (Å²) in [7, 11) is 0. The molecule has 0 aliphatic rings. The number of β-amino-alcohol motifs (C(OH)–C–C–N with tert-alkyl or cyclic N) is 1. The Labute approximate surface area is 155 Å². The first-order chi connectivity index (χ1) is 11.0. The number of aromatic hydroxyl groups is 2. The van der Waals surface area contributed by atoms with Gasteiger partial charge in [-0.3, -0.25) is 4.79 Å². The highest BCUT2D eigenvalue weighted by molar-refractivity contribution is 6.01. The molecule has 0 radical (unpaired) electrons. The summed E-state index contributed by atoms with van der Waals surface area (Å²) >= 11 is 0. The van der Waals surface area contributed by atoms with Gasteiger partial charge in [-0.25, -0.2) is 0 Å². The first kappa shape index (κ1) is 23.5. The number of aliphatic hydroxyl groups is 1. The second-order valence-electron chi connectivity index (χ2n) is 7.45. The average molecular weight is 376 g/mol. The second kappa shape index (κ2) is 9.85. The molecule has 0 fully saturated rings. The molecule has 1 atom stereocenters. The monoisotopic (exact) mass is 375 g/mol. The van der Waals surface area contributed by atoms with Crippen LogP contribution in [0, 0.1) is 5.92 Å². The van der Waals surface area contributed by atoms with E-state index in [2.05, 4.69) is 5.32 Å². The number of hydrogen-bond donors (Lipinski definition) is 4. The largest absolute Gasteiger partial charge is 0.508 e. The molecule has 0 saturated carbocycles. The normalized spacial score (nSPS) is 12.6. The van der Waals surface area contributed by atoms with Crippen LogP contribution in [0.4, 0.5) is 0 Å². The van der Waals surface area contributed by atoms with Crippen molar-refractivity contribution in [1.82, 2.24) is 5.32 Å². The molecule has 4 N–H and O–H groups in total. The summed E-state index contributed by atoms with van der Waals surface area (Å²) in [5, 5.41) is 32.8. The second-order valence-corrected chi connectivity index (χ2v) is 7.45. The number of nitrogens with one attached hydrogen (secondary N) is 1. The fraction of sp³-hybridized carbons (Fsp3) is 0.611. The molecule has 1 unspecified atom stereocenters. The molecule has 0 aromatic heterocycles. The van der Waals surface area contributed by atoms with Crippen LogP contribution in [0.15, 0.2) is 12.1 Å². The number of ether oxygens (including phenoxy) is 1. The zero-order chi connectivity index (χ0) is 18.5. The molecular formula is C18H30ClNO5. The van der Waals surface area contributed by atoms with E-state index in [0.29, 0.717) is 6.54 Å². The Morgan fingerprint density at radius 1 is 1.24 bits per heavy atom. The van der Waals surface area contributed by atoms with Gasteiger partial charge in [-0.15, -0.1) is 12.4 Å². The lowest BCUT2D eigenvalue weighted by molar-refractivity contribution is 0.0919. The Morgan fingerprint density at radius 2 is 1.84 bits per heavy atom. The summed E-state index contributed by atoms with van der Waals surface area (Å²) in [6.45, 7) is 10.0. The molecule has 1 aromatic carbocycles. The van der Waals surface area contributed by atoms with E-state index in [4.69, 9.17) is 4.74 Å². The summed E-state index contributed by atoms with van der Waals surface area (Å²) in [6, 6.07) is 2.38. The number of ketones is 1. The minimum Gasteiger partial charge on any atom is -0.508 e. The Morgan fingerprint density at radius 3 is 2.36 bits per heavy atom. The van der Waals surface area contributed by atoms with Crippen molar-refractivity contribution in [2.75, 3.05) is 13.2 Å². The van der Waals surface area contributed by atoms with E-state index in [0.717, 1.165) is 6.07 Å². The Hall–Kier alpha value is -1.50. The maximum atomic E-state index is 12.3. The summed E-state index contributed by atoms with van der Waals surface area (Å²) in [6.07, 6.45) is -0.537. The minimum atomic E-state index is -0.790. The first-order valence-electron chi connectivity index (χ1n) is 8.14. The van der Waals surface area contributed by atoms with Gasteiger partial charge in [0.2, 0.25) is 0 Å². The van der Waals surface area contributed by atoms with Crippen molar-refractivity contribution in [2.45, 2.75) is 52.7 Å². The quantitative estimate of drug-likeness (QED) is 0.521. The van der Waals surface area contributed by atoms with Crippen molar-refractivity contribution in [3.63, 3.8) is 0 Å².